The Bertz CT molecular complexity index is 1140. The highest BCUT2D eigenvalue weighted by atomic mass is 19.4. The highest BCUT2D eigenvalue weighted by Gasteiger charge is 2.41. The van der Waals surface area contributed by atoms with Crippen LogP contribution < -0.4 is 25.2 Å². The van der Waals surface area contributed by atoms with Crippen molar-refractivity contribution in [2.24, 2.45) is 0 Å². The minimum absolute atomic E-state index is 0.0507. The fourth-order valence-corrected chi connectivity index (χ4v) is 3.82. The van der Waals surface area contributed by atoms with E-state index in [-0.39, 0.29) is 36.0 Å². The van der Waals surface area contributed by atoms with E-state index in [1.807, 2.05) is 10.2 Å². The maximum atomic E-state index is 13.2. The molecule has 2 aliphatic heterocycles. The third-order valence-corrected chi connectivity index (χ3v) is 5.73. The van der Waals surface area contributed by atoms with Gasteiger partial charge in [-0.15, -0.1) is 0 Å². The molecular weight excluding hydrogens is 487 g/mol. The van der Waals surface area contributed by atoms with Gasteiger partial charge in [0.05, 0.1) is 18.3 Å². The van der Waals surface area contributed by atoms with E-state index >= 15 is 0 Å². The molecule has 15 heteroatoms. The van der Waals surface area contributed by atoms with Crippen molar-refractivity contribution in [2.75, 3.05) is 41.4 Å². The van der Waals surface area contributed by atoms with E-state index in [0.717, 1.165) is 6.92 Å². The number of alkyl halides is 3. The molecule has 36 heavy (non-hydrogen) atoms. The Morgan fingerprint density at radius 3 is 2.78 bits per heavy atom. The fraction of sp³-hybridized carbons (Fsp3) is 0.476. The molecule has 0 radical (unpaired) electrons. The zero-order valence-corrected chi connectivity index (χ0v) is 19.1. The largest absolute Gasteiger partial charge is 0.475 e. The number of urea groups is 1. The van der Waals surface area contributed by atoms with Gasteiger partial charge in [-0.3, -0.25) is 15.0 Å². The molecule has 12 nitrogen and oxygen atoms in total. The molecule has 1 fully saturated rings. The number of aliphatic hydroxyl groups excluding tert-OH is 2. The van der Waals surface area contributed by atoms with E-state index in [9.17, 15) is 27.9 Å². The number of halogens is 3. The van der Waals surface area contributed by atoms with Crippen molar-refractivity contribution in [1.82, 2.24) is 20.3 Å². The van der Waals surface area contributed by atoms with Gasteiger partial charge in [0.1, 0.15) is 24.4 Å². The molecule has 4 heterocycles. The van der Waals surface area contributed by atoms with Crippen LogP contribution in [0.3, 0.4) is 0 Å². The number of aromatic nitrogens is 3. The first-order valence-corrected chi connectivity index (χ1v) is 11.1. The molecule has 0 aliphatic carbocycles. The minimum atomic E-state index is -4.62. The van der Waals surface area contributed by atoms with Crippen molar-refractivity contribution >= 4 is 29.4 Å². The number of carbonyl (C=O) groups is 2. The zero-order valence-electron chi connectivity index (χ0n) is 19.1. The second-order valence-corrected chi connectivity index (χ2v) is 8.33. The first-order valence-electron chi connectivity index (χ1n) is 11.1. The average Bonchev–Trinajstić information content (AvgIpc) is 3.25. The van der Waals surface area contributed by atoms with Gasteiger partial charge >= 0.3 is 12.2 Å². The fourth-order valence-electron chi connectivity index (χ4n) is 3.82. The average molecular weight is 511 g/mol. The predicted octanol–water partition coefficient (Wildman–Crippen LogP) is 0.915. The Hall–Kier alpha value is -3.72. The maximum Gasteiger partial charge on any atom is 0.408 e. The first kappa shape index (κ1) is 25.4. The Kier molecular flexibility index (Phi) is 7.12. The topological polar surface area (TPSA) is 153 Å². The Labute approximate surface area is 203 Å². The highest BCUT2D eigenvalue weighted by molar-refractivity contribution is 6.04. The van der Waals surface area contributed by atoms with E-state index < -0.39 is 36.9 Å². The van der Waals surface area contributed by atoms with Crippen LogP contribution in [0.1, 0.15) is 23.8 Å². The van der Waals surface area contributed by atoms with Gasteiger partial charge in [0.2, 0.25) is 11.8 Å². The van der Waals surface area contributed by atoms with Gasteiger partial charge in [-0.2, -0.15) is 18.2 Å². The smallest absolute Gasteiger partial charge is 0.408 e. The van der Waals surface area contributed by atoms with Crippen LogP contribution in [0.5, 0.6) is 5.88 Å². The van der Waals surface area contributed by atoms with Crippen molar-refractivity contribution in [3.8, 4) is 5.88 Å². The van der Waals surface area contributed by atoms with E-state index in [0.29, 0.717) is 25.2 Å². The lowest BCUT2D eigenvalue weighted by Crippen LogP contribution is -2.49. The molecule has 0 spiro atoms. The molecule has 0 unspecified atom stereocenters. The van der Waals surface area contributed by atoms with Crippen molar-refractivity contribution in [3.05, 3.63) is 30.1 Å². The summed E-state index contributed by atoms with van der Waals surface area (Å²) in [6.45, 7) is 1.25. The molecule has 2 aliphatic rings. The van der Waals surface area contributed by atoms with Gasteiger partial charge < -0.3 is 25.2 Å². The van der Waals surface area contributed by atoms with E-state index in [2.05, 4.69) is 20.3 Å². The van der Waals surface area contributed by atoms with Gasteiger partial charge in [-0.25, -0.2) is 14.8 Å². The van der Waals surface area contributed by atoms with Crippen LogP contribution in [0.2, 0.25) is 0 Å². The van der Waals surface area contributed by atoms with E-state index in [1.54, 1.807) is 6.07 Å². The summed E-state index contributed by atoms with van der Waals surface area (Å²) in [4.78, 5) is 41.3. The Morgan fingerprint density at radius 2 is 2.06 bits per heavy atom. The second kappa shape index (κ2) is 10.1. The maximum absolute atomic E-state index is 13.2. The van der Waals surface area contributed by atoms with Crippen molar-refractivity contribution < 1.29 is 37.7 Å². The molecule has 1 saturated heterocycles. The standard InChI is InChI=1S/C21H24F3N7O5/c1-11(21(22,23)24)26-18(34)14-2-3-15-17(27-14)31(12-5-7-30(15)8-12)20(35)29-19-25-6-4-16(28-19)36-10-13(33)9-32/h2-4,6,11-13,32-33H,5,7-10H2,1H3,(H,26,34)(H,25,28,29,35)/t11-,12+,13+/m1/s1. The molecule has 4 rings (SSSR count). The molecule has 2 aromatic heterocycles. The van der Waals surface area contributed by atoms with Crippen LogP contribution in [0.25, 0.3) is 0 Å². The van der Waals surface area contributed by atoms with E-state index in [1.165, 1.54) is 23.2 Å². The number of nitrogens with zero attached hydrogens (tertiary/aromatic N) is 5. The van der Waals surface area contributed by atoms with Crippen LogP contribution >= 0.6 is 0 Å². The van der Waals surface area contributed by atoms with Crippen LogP contribution in [-0.2, 0) is 0 Å². The van der Waals surface area contributed by atoms with Crippen LogP contribution in [0.4, 0.5) is 35.4 Å². The lowest BCUT2D eigenvalue weighted by Gasteiger charge is -2.35. The Balaban J connectivity index is 1.55. The van der Waals surface area contributed by atoms with Gasteiger partial charge in [0.25, 0.3) is 5.91 Å². The van der Waals surface area contributed by atoms with Crippen LogP contribution in [-0.4, -0.2) is 87.8 Å². The number of amides is 3. The Morgan fingerprint density at radius 1 is 1.28 bits per heavy atom. The highest BCUT2D eigenvalue weighted by Crippen LogP contribution is 2.39. The predicted molar refractivity (Wildman–Crippen MR) is 120 cm³/mol. The monoisotopic (exact) mass is 511 g/mol. The SMILES string of the molecule is C[C@@H](NC(=O)c1ccc2c(n1)N(C(=O)Nc1nccc(OC[C@@H](O)CO)n1)[C@H]1CCN2C1)C(F)(F)F. The number of rotatable bonds is 7. The number of carbonyl (C=O) groups excluding carboxylic acids is 2. The summed E-state index contributed by atoms with van der Waals surface area (Å²) in [5, 5.41) is 22.7. The van der Waals surface area contributed by atoms with Gasteiger partial charge in [0, 0.05) is 25.4 Å². The summed E-state index contributed by atoms with van der Waals surface area (Å²) in [7, 11) is 0. The summed E-state index contributed by atoms with van der Waals surface area (Å²) in [6.07, 6.45) is -3.79. The van der Waals surface area contributed by atoms with Crippen LogP contribution in [0.15, 0.2) is 24.4 Å². The minimum Gasteiger partial charge on any atom is -0.475 e. The molecule has 2 aromatic rings. The number of ether oxygens (including phenoxy) is 1. The zero-order chi connectivity index (χ0) is 26.0. The second-order valence-electron chi connectivity index (χ2n) is 8.33. The third-order valence-electron chi connectivity index (χ3n) is 5.73. The number of fused-ring (bicyclic) bond motifs is 4. The summed E-state index contributed by atoms with van der Waals surface area (Å²) >= 11 is 0. The molecule has 0 aromatic carbocycles. The van der Waals surface area contributed by atoms with Crippen LogP contribution in [0, 0.1) is 0 Å². The van der Waals surface area contributed by atoms with Crippen molar-refractivity contribution in [3.63, 3.8) is 0 Å². The normalized spacial score (nSPS) is 18.3. The summed E-state index contributed by atoms with van der Waals surface area (Å²) in [6, 6.07) is 1.25. The summed E-state index contributed by atoms with van der Waals surface area (Å²) in [5.74, 6) is -0.943. The quantitative estimate of drug-likeness (QED) is 0.425. The number of hydrogen-bond donors (Lipinski definition) is 4. The van der Waals surface area contributed by atoms with Gasteiger partial charge in [0.15, 0.2) is 5.82 Å². The van der Waals surface area contributed by atoms with Crippen molar-refractivity contribution in [1.29, 1.82) is 0 Å². The van der Waals surface area contributed by atoms with E-state index in [4.69, 9.17) is 9.84 Å². The molecule has 0 saturated carbocycles. The molecule has 194 valence electrons. The summed E-state index contributed by atoms with van der Waals surface area (Å²) < 4.78 is 43.9. The number of nitrogens with one attached hydrogen (secondary N) is 2. The first-order chi connectivity index (χ1) is 17.1. The number of hydrogen-bond acceptors (Lipinski definition) is 9. The third kappa shape index (κ3) is 5.41. The molecular formula is C21H24F3N7O5. The lowest BCUT2D eigenvalue weighted by molar-refractivity contribution is -0.149. The molecule has 4 N–H and O–H groups in total. The number of aliphatic hydroxyl groups is 2. The number of pyridine rings is 1. The lowest BCUT2D eigenvalue weighted by atomic mass is 10.1. The van der Waals surface area contributed by atoms with Gasteiger partial charge in [-0.1, -0.05) is 0 Å². The van der Waals surface area contributed by atoms with Crippen molar-refractivity contribution in [2.45, 2.75) is 37.7 Å². The number of anilines is 3. The molecule has 2 bridgehead atoms. The molecule has 3 amide bonds. The van der Waals surface area contributed by atoms with Gasteiger partial charge in [-0.05, 0) is 25.5 Å². The molecule has 3 atom stereocenters. The summed E-state index contributed by atoms with van der Waals surface area (Å²) in [5.41, 5.74) is 0.301.